The van der Waals surface area contributed by atoms with Crippen LogP contribution >= 0.6 is 11.8 Å². The summed E-state index contributed by atoms with van der Waals surface area (Å²) in [5.74, 6) is 0. The molecule has 1 aromatic rings. The molecule has 2 nitrogen and oxygen atoms in total. The van der Waals surface area contributed by atoms with E-state index in [1.807, 2.05) is 0 Å². The molecule has 1 N–H and O–H groups in total. The van der Waals surface area contributed by atoms with E-state index in [2.05, 4.69) is 66.6 Å². The van der Waals surface area contributed by atoms with Gasteiger partial charge in [0.1, 0.15) is 0 Å². The number of benzene rings is 1. The quantitative estimate of drug-likeness (QED) is 0.857. The van der Waals surface area contributed by atoms with Gasteiger partial charge in [-0.3, -0.25) is 0 Å². The highest BCUT2D eigenvalue weighted by molar-refractivity contribution is 8.00. The summed E-state index contributed by atoms with van der Waals surface area (Å²) in [5.41, 5.74) is 2.64. The zero-order chi connectivity index (χ0) is 13.7. The van der Waals surface area contributed by atoms with Crippen LogP contribution in [0.15, 0.2) is 24.3 Å². The minimum absolute atomic E-state index is 0.504. The van der Waals surface area contributed by atoms with Gasteiger partial charge in [-0.25, -0.2) is 0 Å². The summed E-state index contributed by atoms with van der Waals surface area (Å²) in [7, 11) is 4.16. The Hall–Kier alpha value is -0.670. The van der Waals surface area contributed by atoms with Gasteiger partial charge in [-0.2, -0.15) is 11.8 Å². The first-order chi connectivity index (χ1) is 9.15. The molecule has 1 saturated carbocycles. The highest BCUT2D eigenvalue weighted by Crippen LogP contribution is 2.39. The smallest absolute Gasteiger partial charge is 0.0361 e. The molecule has 0 bridgehead atoms. The van der Waals surface area contributed by atoms with Crippen molar-refractivity contribution in [1.82, 2.24) is 5.32 Å². The monoisotopic (exact) mass is 278 g/mol. The topological polar surface area (TPSA) is 15.3 Å². The molecule has 0 atom stereocenters. The minimum Gasteiger partial charge on any atom is -0.378 e. The van der Waals surface area contributed by atoms with Crippen LogP contribution in [0.1, 0.15) is 31.2 Å². The minimum atomic E-state index is 0.504. The highest BCUT2D eigenvalue weighted by Gasteiger charge is 2.32. The van der Waals surface area contributed by atoms with Gasteiger partial charge in [0.05, 0.1) is 0 Å². The van der Waals surface area contributed by atoms with E-state index in [0.29, 0.717) is 4.75 Å². The van der Waals surface area contributed by atoms with Crippen LogP contribution in [0.2, 0.25) is 0 Å². The third-order valence-corrected chi connectivity index (χ3v) is 5.60. The van der Waals surface area contributed by atoms with Crippen LogP contribution < -0.4 is 10.2 Å². The Kier molecular flexibility index (Phi) is 5.17. The van der Waals surface area contributed by atoms with Crippen molar-refractivity contribution in [3.8, 4) is 0 Å². The van der Waals surface area contributed by atoms with E-state index in [1.54, 1.807) is 0 Å². The SMILES string of the molecule is CSC1(CNCc2ccc(N(C)C)cc2)CCCC1. The van der Waals surface area contributed by atoms with E-state index in [9.17, 15) is 0 Å². The zero-order valence-electron chi connectivity index (χ0n) is 12.4. The lowest BCUT2D eigenvalue weighted by Crippen LogP contribution is -2.34. The van der Waals surface area contributed by atoms with Crippen LogP contribution in [0.5, 0.6) is 0 Å². The van der Waals surface area contributed by atoms with Crippen LogP contribution in [0.3, 0.4) is 0 Å². The fraction of sp³-hybridized carbons (Fsp3) is 0.625. The van der Waals surface area contributed by atoms with Gasteiger partial charge >= 0.3 is 0 Å². The number of nitrogens with one attached hydrogen (secondary N) is 1. The van der Waals surface area contributed by atoms with Crippen LogP contribution in [0.25, 0.3) is 0 Å². The van der Waals surface area contributed by atoms with E-state index in [4.69, 9.17) is 0 Å². The van der Waals surface area contributed by atoms with E-state index in [1.165, 1.54) is 36.9 Å². The number of hydrogen-bond donors (Lipinski definition) is 1. The van der Waals surface area contributed by atoms with Crippen LogP contribution in [0.4, 0.5) is 5.69 Å². The van der Waals surface area contributed by atoms with Crippen molar-refractivity contribution >= 4 is 17.4 Å². The summed E-state index contributed by atoms with van der Waals surface area (Å²) >= 11 is 2.05. The van der Waals surface area contributed by atoms with Crippen molar-refractivity contribution in [2.45, 2.75) is 37.0 Å². The van der Waals surface area contributed by atoms with E-state index >= 15 is 0 Å². The number of thioether (sulfide) groups is 1. The summed E-state index contributed by atoms with van der Waals surface area (Å²) in [6.07, 6.45) is 7.82. The Morgan fingerprint density at radius 3 is 2.32 bits per heavy atom. The van der Waals surface area contributed by atoms with Crippen LogP contribution in [0, 0.1) is 0 Å². The van der Waals surface area contributed by atoms with Crippen molar-refractivity contribution in [3.05, 3.63) is 29.8 Å². The van der Waals surface area contributed by atoms with Crippen molar-refractivity contribution in [1.29, 1.82) is 0 Å². The Bertz CT molecular complexity index is 380. The molecule has 1 aliphatic rings. The predicted molar refractivity (Wildman–Crippen MR) is 87.2 cm³/mol. The van der Waals surface area contributed by atoms with Gasteiger partial charge in [0, 0.05) is 37.6 Å². The van der Waals surface area contributed by atoms with E-state index in [0.717, 1.165) is 13.1 Å². The molecule has 0 unspecified atom stereocenters. The first-order valence-corrected chi connectivity index (χ1v) is 8.40. The molecule has 3 heteroatoms. The normalized spacial score (nSPS) is 17.6. The standard InChI is InChI=1S/C16H26N2S/c1-18(2)15-8-6-14(7-9-15)12-17-13-16(19-3)10-4-5-11-16/h6-9,17H,4-5,10-13H2,1-3H3. The number of nitrogens with zero attached hydrogens (tertiary/aromatic N) is 1. The Morgan fingerprint density at radius 1 is 1.16 bits per heavy atom. The second kappa shape index (κ2) is 6.67. The molecular formula is C16H26N2S. The average molecular weight is 278 g/mol. The molecule has 0 saturated heterocycles. The summed E-state index contributed by atoms with van der Waals surface area (Å²) < 4.78 is 0.504. The van der Waals surface area contributed by atoms with Gasteiger partial charge in [-0.1, -0.05) is 25.0 Å². The second-order valence-electron chi connectivity index (χ2n) is 5.76. The Balaban J connectivity index is 1.82. The molecule has 0 radical (unpaired) electrons. The third-order valence-electron chi connectivity index (χ3n) is 4.18. The highest BCUT2D eigenvalue weighted by atomic mass is 32.2. The molecule has 1 aliphatic carbocycles. The summed E-state index contributed by atoms with van der Waals surface area (Å²) in [6.45, 7) is 2.12. The molecule has 2 rings (SSSR count). The lowest BCUT2D eigenvalue weighted by Gasteiger charge is -2.27. The van der Waals surface area contributed by atoms with Crippen molar-refractivity contribution in [3.63, 3.8) is 0 Å². The molecular weight excluding hydrogens is 252 g/mol. The molecule has 0 aliphatic heterocycles. The van der Waals surface area contributed by atoms with E-state index < -0.39 is 0 Å². The van der Waals surface area contributed by atoms with Crippen molar-refractivity contribution in [2.75, 3.05) is 31.8 Å². The molecule has 1 aromatic carbocycles. The molecule has 0 aromatic heterocycles. The van der Waals surface area contributed by atoms with Crippen molar-refractivity contribution < 1.29 is 0 Å². The number of rotatable bonds is 6. The number of hydrogen-bond acceptors (Lipinski definition) is 3. The second-order valence-corrected chi connectivity index (χ2v) is 7.03. The molecule has 0 amide bonds. The van der Waals surface area contributed by atoms with Gasteiger partial charge in [-0.15, -0.1) is 0 Å². The maximum absolute atomic E-state index is 3.65. The fourth-order valence-corrected chi connectivity index (χ4v) is 3.76. The molecule has 0 spiro atoms. The summed E-state index contributed by atoms with van der Waals surface area (Å²) in [4.78, 5) is 2.14. The van der Waals surface area contributed by atoms with Crippen LogP contribution in [-0.4, -0.2) is 31.6 Å². The summed E-state index contributed by atoms with van der Waals surface area (Å²) in [5, 5.41) is 3.65. The first-order valence-electron chi connectivity index (χ1n) is 7.17. The maximum atomic E-state index is 3.65. The first kappa shape index (κ1) is 14.7. The van der Waals surface area contributed by atoms with Crippen LogP contribution in [-0.2, 0) is 6.54 Å². The lowest BCUT2D eigenvalue weighted by atomic mass is 10.1. The predicted octanol–water partition coefficient (Wildman–Crippen LogP) is 3.52. The fourth-order valence-electron chi connectivity index (χ4n) is 2.82. The lowest BCUT2D eigenvalue weighted by molar-refractivity contribution is 0.534. The Morgan fingerprint density at radius 2 is 1.79 bits per heavy atom. The van der Waals surface area contributed by atoms with E-state index in [-0.39, 0.29) is 0 Å². The van der Waals surface area contributed by atoms with Gasteiger partial charge < -0.3 is 10.2 Å². The van der Waals surface area contributed by atoms with Gasteiger partial charge in [0.15, 0.2) is 0 Å². The molecule has 0 heterocycles. The molecule has 19 heavy (non-hydrogen) atoms. The van der Waals surface area contributed by atoms with Gasteiger partial charge in [0.2, 0.25) is 0 Å². The number of anilines is 1. The van der Waals surface area contributed by atoms with Crippen molar-refractivity contribution in [2.24, 2.45) is 0 Å². The zero-order valence-corrected chi connectivity index (χ0v) is 13.2. The van der Waals surface area contributed by atoms with Gasteiger partial charge in [0.25, 0.3) is 0 Å². The third kappa shape index (κ3) is 3.90. The molecule has 1 fully saturated rings. The molecule has 106 valence electrons. The largest absolute Gasteiger partial charge is 0.378 e. The summed E-state index contributed by atoms with van der Waals surface area (Å²) in [6, 6.07) is 8.83. The van der Waals surface area contributed by atoms with Gasteiger partial charge in [-0.05, 0) is 36.8 Å². The average Bonchev–Trinajstić information content (AvgIpc) is 2.89. The Labute approximate surface area is 122 Å². The maximum Gasteiger partial charge on any atom is 0.0361 e.